The molecule has 0 aromatic carbocycles. The van der Waals surface area contributed by atoms with E-state index < -0.39 is 60.8 Å². The number of alkyl halides is 12. The smallest absolute Gasteiger partial charge is 0.424 e. The van der Waals surface area contributed by atoms with Crippen molar-refractivity contribution in [2.75, 3.05) is 0 Å². The maximum Gasteiger partial charge on any atom is 0.460 e. The SMILES string of the molecule is C=C(CC(=O)OC(F)C(F)(F)C(F)(F)F)C(=O)OC(F)C(F)(F)C(F)(F)F. The van der Waals surface area contributed by atoms with Gasteiger partial charge in [-0.05, 0) is 0 Å². The zero-order valence-corrected chi connectivity index (χ0v) is 12.2. The molecule has 0 bridgehead atoms. The highest BCUT2D eigenvalue weighted by Gasteiger charge is 2.66. The number of hydrogen-bond acceptors (Lipinski definition) is 4. The second-order valence-corrected chi connectivity index (χ2v) is 4.55. The van der Waals surface area contributed by atoms with E-state index in [0.717, 1.165) is 0 Å². The molecule has 0 radical (unpaired) electrons. The highest BCUT2D eigenvalue weighted by Crippen LogP contribution is 2.41. The minimum atomic E-state index is -6.49. The molecule has 16 heteroatoms. The summed E-state index contributed by atoms with van der Waals surface area (Å²) in [5, 5.41) is 0. The van der Waals surface area contributed by atoms with Crippen LogP contribution in [0.15, 0.2) is 12.2 Å². The molecule has 0 aliphatic heterocycles. The molecule has 0 N–H and O–H groups in total. The van der Waals surface area contributed by atoms with Gasteiger partial charge in [-0.15, -0.1) is 0 Å². The first-order valence-corrected chi connectivity index (χ1v) is 6.00. The van der Waals surface area contributed by atoms with Crippen LogP contribution < -0.4 is 0 Å². The van der Waals surface area contributed by atoms with Crippen LogP contribution >= 0.6 is 0 Å². The zero-order valence-electron chi connectivity index (χ0n) is 12.2. The molecule has 0 spiro atoms. The van der Waals surface area contributed by atoms with E-state index in [1.54, 1.807) is 0 Å². The van der Waals surface area contributed by atoms with E-state index in [9.17, 15) is 62.3 Å². The van der Waals surface area contributed by atoms with Gasteiger partial charge in [0, 0.05) is 5.57 Å². The van der Waals surface area contributed by atoms with Crippen molar-refractivity contribution in [2.24, 2.45) is 0 Å². The van der Waals surface area contributed by atoms with Crippen molar-refractivity contribution in [3.05, 3.63) is 12.2 Å². The molecular formula is C11H6F12O4. The largest absolute Gasteiger partial charge is 0.460 e. The van der Waals surface area contributed by atoms with Crippen LogP contribution in [0.4, 0.5) is 52.7 Å². The van der Waals surface area contributed by atoms with Crippen molar-refractivity contribution >= 4 is 11.9 Å². The van der Waals surface area contributed by atoms with Gasteiger partial charge in [0.05, 0.1) is 6.42 Å². The molecule has 2 atom stereocenters. The molecule has 0 aromatic rings. The van der Waals surface area contributed by atoms with Crippen molar-refractivity contribution < 1.29 is 71.7 Å². The van der Waals surface area contributed by atoms with E-state index in [1.165, 1.54) is 0 Å². The summed E-state index contributed by atoms with van der Waals surface area (Å²) in [7, 11) is 0. The lowest BCUT2D eigenvalue weighted by Gasteiger charge is -2.23. The lowest BCUT2D eigenvalue weighted by atomic mass is 10.2. The molecule has 0 rings (SSSR count). The number of hydrogen-bond donors (Lipinski definition) is 0. The Kier molecular flexibility index (Phi) is 7.21. The maximum absolute atomic E-state index is 12.8. The lowest BCUT2D eigenvalue weighted by Crippen LogP contribution is -2.47. The van der Waals surface area contributed by atoms with Gasteiger partial charge in [-0.25, -0.2) is 4.79 Å². The molecule has 0 amide bonds. The Hall–Kier alpha value is -2.16. The monoisotopic (exact) mass is 430 g/mol. The fourth-order valence-electron chi connectivity index (χ4n) is 0.986. The van der Waals surface area contributed by atoms with Gasteiger partial charge in [0.25, 0.3) is 0 Å². The molecule has 0 saturated carbocycles. The Morgan fingerprint density at radius 3 is 1.41 bits per heavy atom. The van der Waals surface area contributed by atoms with Crippen molar-refractivity contribution in [3.63, 3.8) is 0 Å². The van der Waals surface area contributed by atoms with Gasteiger partial charge in [0.15, 0.2) is 0 Å². The van der Waals surface area contributed by atoms with Crippen LogP contribution in [0.1, 0.15) is 6.42 Å². The average molecular weight is 430 g/mol. The van der Waals surface area contributed by atoms with Crippen molar-refractivity contribution in [1.82, 2.24) is 0 Å². The molecule has 0 fully saturated rings. The number of ether oxygens (including phenoxy) is 2. The summed E-state index contributed by atoms with van der Waals surface area (Å²) in [5.41, 5.74) is -1.51. The Labute approximate surface area is 140 Å². The molecule has 0 aromatic heterocycles. The molecule has 0 aliphatic rings. The van der Waals surface area contributed by atoms with Gasteiger partial charge in [-0.3, -0.25) is 4.79 Å². The van der Waals surface area contributed by atoms with Crippen LogP contribution in [0, 0.1) is 0 Å². The molecule has 27 heavy (non-hydrogen) atoms. The van der Waals surface area contributed by atoms with Crippen LogP contribution in [-0.4, -0.2) is 48.9 Å². The van der Waals surface area contributed by atoms with Crippen molar-refractivity contribution in [2.45, 2.75) is 43.3 Å². The highest BCUT2D eigenvalue weighted by atomic mass is 19.4. The molecule has 4 nitrogen and oxygen atoms in total. The Morgan fingerprint density at radius 2 is 1.07 bits per heavy atom. The third kappa shape index (κ3) is 5.92. The molecule has 0 aliphatic carbocycles. The maximum atomic E-state index is 12.8. The van der Waals surface area contributed by atoms with Gasteiger partial charge in [-0.1, -0.05) is 6.58 Å². The van der Waals surface area contributed by atoms with E-state index in [-0.39, 0.29) is 0 Å². The molecular weight excluding hydrogens is 424 g/mol. The molecule has 0 saturated heterocycles. The number of carbonyl (C=O) groups is 2. The normalized spacial score (nSPS) is 15.7. The predicted octanol–water partition coefficient (Wildman–Crippen LogP) is 4.01. The van der Waals surface area contributed by atoms with Gasteiger partial charge in [0.2, 0.25) is 0 Å². The van der Waals surface area contributed by atoms with Crippen molar-refractivity contribution in [1.29, 1.82) is 0 Å². The topological polar surface area (TPSA) is 52.6 Å². The quantitative estimate of drug-likeness (QED) is 0.348. The standard InChI is InChI=1S/C11H6F12O4/c1-3(5(25)27-7(13)9(16,17)11(21,22)23)2-4(24)26-6(12)8(14,15)10(18,19)20/h6-7H,1-2H2. The summed E-state index contributed by atoms with van der Waals surface area (Å²) in [6, 6.07) is 0. The summed E-state index contributed by atoms with van der Waals surface area (Å²) in [6.45, 7) is 2.51. The van der Waals surface area contributed by atoms with E-state index in [4.69, 9.17) is 0 Å². The molecule has 2 unspecified atom stereocenters. The fraction of sp³-hybridized carbons (Fsp3) is 0.636. The van der Waals surface area contributed by atoms with Gasteiger partial charge >= 0.3 is 48.9 Å². The summed E-state index contributed by atoms with van der Waals surface area (Å²) in [6.07, 6.45) is -24.0. The van der Waals surface area contributed by atoms with Crippen LogP contribution in [0.3, 0.4) is 0 Å². The number of halogens is 12. The first-order chi connectivity index (χ1) is 11.7. The summed E-state index contributed by atoms with van der Waals surface area (Å²) in [5.74, 6) is -17.1. The first kappa shape index (κ1) is 24.8. The Balaban J connectivity index is 4.87. The summed E-state index contributed by atoms with van der Waals surface area (Å²) in [4.78, 5) is 21.9. The fourth-order valence-corrected chi connectivity index (χ4v) is 0.986. The Bertz CT molecular complexity index is 579. The molecule has 0 heterocycles. The minimum Gasteiger partial charge on any atom is -0.424 e. The van der Waals surface area contributed by atoms with E-state index >= 15 is 0 Å². The summed E-state index contributed by atoms with van der Waals surface area (Å²) >= 11 is 0. The second kappa shape index (κ2) is 7.84. The van der Waals surface area contributed by atoms with E-state index in [0.29, 0.717) is 0 Å². The van der Waals surface area contributed by atoms with Gasteiger partial charge in [0.1, 0.15) is 0 Å². The average Bonchev–Trinajstić information content (AvgIpc) is 2.43. The van der Waals surface area contributed by atoms with Crippen LogP contribution in [0.5, 0.6) is 0 Å². The number of esters is 2. The summed E-state index contributed by atoms with van der Waals surface area (Å²) < 4.78 is 152. The lowest BCUT2D eigenvalue weighted by molar-refractivity contribution is -0.335. The van der Waals surface area contributed by atoms with Crippen molar-refractivity contribution in [3.8, 4) is 0 Å². The molecule has 158 valence electrons. The number of carbonyl (C=O) groups excluding carboxylic acids is 2. The van der Waals surface area contributed by atoms with Crippen LogP contribution in [0.25, 0.3) is 0 Å². The first-order valence-electron chi connectivity index (χ1n) is 6.00. The zero-order chi connectivity index (χ0) is 22.0. The third-order valence-corrected chi connectivity index (χ3v) is 2.42. The van der Waals surface area contributed by atoms with Gasteiger partial charge in [-0.2, -0.15) is 52.7 Å². The highest BCUT2D eigenvalue weighted by molar-refractivity contribution is 5.93. The van der Waals surface area contributed by atoms with Crippen LogP contribution in [0.2, 0.25) is 0 Å². The van der Waals surface area contributed by atoms with E-state index in [1.807, 2.05) is 0 Å². The van der Waals surface area contributed by atoms with Gasteiger partial charge < -0.3 is 9.47 Å². The Morgan fingerprint density at radius 1 is 0.741 bits per heavy atom. The predicted molar refractivity (Wildman–Crippen MR) is 57.7 cm³/mol. The number of rotatable bonds is 7. The minimum absolute atomic E-state index is 1.51. The second-order valence-electron chi connectivity index (χ2n) is 4.55. The van der Waals surface area contributed by atoms with Crippen LogP contribution in [-0.2, 0) is 19.1 Å². The van der Waals surface area contributed by atoms with E-state index in [2.05, 4.69) is 16.1 Å². The third-order valence-electron chi connectivity index (χ3n) is 2.42.